The maximum atomic E-state index is 13.8. The molecular weight excluding hydrogens is 456 g/mol. The van der Waals surface area contributed by atoms with Crippen LogP contribution in [0.25, 0.3) is 0 Å². The van der Waals surface area contributed by atoms with E-state index in [2.05, 4.69) is 5.32 Å². The zero-order valence-electron chi connectivity index (χ0n) is 19.1. The van der Waals surface area contributed by atoms with E-state index in [0.717, 1.165) is 25.7 Å². The first kappa shape index (κ1) is 23.7. The lowest BCUT2D eigenvalue weighted by atomic mass is 10.0. The first-order chi connectivity index (χ1) is 16.5. The van der Waals surface area contributed by atoms with Crippen LogP contribution in [-0.4, -0.2) is 32.1 Å². The summed E-state index contributed by atoms with van der Waals surface area (Å²) in [5, 5.41) is 3.67. The molecule has 1 aromatic heterocycles. The number of benzene rings is 2. The summed E-state index contributed by atoms with van der Waals surface area (Å²) < 4.78 is 16.3. The first-order valence-electron chi connectivity index (χ1n) is 11.2. The highest BCUT2D eigenvalue weighted by Gasteiger charge is 2.37. The molecule has 1 aliphatic rings. The van der Waals surface area contributed by atoms with Gasteiger partial charge in [0.1, 0.15) is 17.5 Å². The van der Waals surface area contributed by atoms with E-state index >= 15 is 0 Å². The van der Waals surface area contributed by atoms with Crippen LogP contribution in [0.3, 0.4) is 0 Å². The van der Waals surface area contributed by atoms with Gasteiger partial charge in [-0.3, -0.25) is 14.5 Å². The van der Waals surface area contributed by atoms with Crippen LogP contribution in [0.15, 0.2) is 65.3 Å². The monoisotopic (exact) mass is 482 g/mol. The summed E-state index contributed by atoms with van der Waals surface area (Å²) in [7, 11) is 3.05. The molecule has 1 atom stereocenters. The van der Waals surface area contributed by atoms with Crippen LogP contribution in [0.4, 0.5) is 5.69 Å². The lowest BCUT2D eigenvalue weighted by molar-refractivity contribution is -0.123. The average molecular weight is 483 g/mol. The van der Waals surface area contributed by atoms with Crippen molar-refractivity contribution >= 4 is 29.1 Å². The molecule has 34 heavy (non-hydrogen) atoms. The van der Waals surface area contributed by atoms with Gasteiger partial charge >= 0.3 is 0 Å². The van der Waals surface area contributed by atoms with E-state index in [1.165, 1.54) is 18.3 Å². The second-order valence-corrected chi connectivity index (χ2v) is 8.57. The van der Waals surface area contributed by atoms with Crippen LogP contribution in [0.1, 0.15) is 47.8 Å². The van der Waals surface area contributed by atoms with Crippen molar-refractivity contribution in [2.24, 2.45) is 0 Å². The quantitative estimate of drug-likeness (QED) is 0.465. The largest absolute Gasteiger partial charge is 0.497 e. The van der Waals surface area contributed by atoms with Gasteiger partial charge in [0.25, 0.3) is 5.91 Å². The predicted octanol–water partition coefficient (Wildman–Crippen LogP) is 5.40. The first-order valence-corrected chi connectivity index (χ1v) is 11.5. The van der Waals surface area contributed by atoms with Crippen LogP contribution in [-0.2, 0) is 4.79 Å². The highest BCUT2D eigenvalue weighted by atomic mass is 35.5. The summed E-state index contributed by atoms with van der Waals surface area (Å²) in [6.07, 6.45) is 5.39. The fraction of sp³-hybridized carbons (Fsp3) is 0.308. The minimum absolute atomic E-state index is 0.0700. The van der Waals surface area contributed by atoms with Gasteiger partial charge in [-0.2, -0.15) is 0 Å². The zero-order chi connectivity index (χ0) is 24.1. The lowest BCUT2D eigenvalue weighted by Gasteiger charge is -2.32. The fourth-order valence-corrected chi connectivity index (χ4v) is 4.41. The highest BCUT2D eigenvalue weighted by molar-refractivity contribution is 6.30. The van der Waals surface area contributed by atoms with Gasteiger partial charge in [0, 0.05) is 17.1 Å². The van der Waals surface area contributed by atoms with Gasteiger partial charge in [-0.05, 0) is 54.8 Å². The molecule has 0 bridgehead atoms. The normalized spacial score (nSPS) is 14.4. The van der Waals surface area contributed by atoms with E-state index in [1.807, 2.05) is 0 Å². The Labute approximate surface area is 203 Å². The third kappa shape index (κ3) is 5.04. The molecular formula is C26H27ClN2O5. The molecule has 3 aromatic rings. The number of nitrogens with one attached hydrogen (secondary N) is 1. The van der Waals surface area contributed by atoms with Gasteiger partial charge in [-0.1, -0.05) is 36.6 Å². The topological polar surface area (TPSA) is 81.0 Å². The maximum Gasteiger partial charge on any atom is 0.295 e. The Morgan fingerprint density at radius 3 is 2.41 bits per heavy atom. The summed E-state index contributed by atoms with van der Waals surface area (Å²) in [6, 6.07) is 14.3. The standard InChI is InChI=1S/C26H27ClN2O5/c1-32-20-13-14-21(23(16-20)33-2)29(26(31)22-8-5-15-34-22)24(17-9-11-18(27)12-10-17)25(30)28-19-6-3-4-7-19/h5,8-16,19,24H,3-4,6-7H2,1-2H3,(H,28,30)/t24-/m1/s1. The Morgan fingerprint density at radius 1 is 1.06 bits per heavy atom. The third-order valence-electron chi connectivity index (χ3n) is 5.99. The van der Waals surface area contributed by atoms with Crippen molar-refractivity contribution in [1.29, 1.82) is 0 Å². The van der Waals surface area contributed by atoms with Gasteiger partial charge in [-0.15, -0.1) is 0 Å². The molecule has 0 saturated heterocycles. The smallest absolute Gasteiger partial charge is 0.295 e. The molecule has 1 aliphatic carbocycles. The van der Waals surface area contributed by atoms with Gasteiger partial charge in [0.2, 0.25) is 5.91 Å². The number of carbonyl (C=O) groups is 2. The molecule has 1 N–H and O–H groups in total. The fourth-order valence-electron chi connectivity index (χ4n) is 4.28. The molecule has 178 valence electrons. The summed E-state index contributed by atoms with van der Waals surface area (Å²) in [5.41, 5.74) is 1.02. The number of hydrogen-bond donors (Lipinski definition) is 1. The van der Waals surface area contributed by atoms with Crippen molar-refractivity contribution in [1.82, 2.24) is 5.32 Å². The predicted molar refractivity (Wildman–Crippen MR) is 130 cm³/mol. The number of hydrogen-bond acceptors (Lipinski definition) is 5. The van der Waals surface area contributed by atoms with Crippen molar-refractivity contribution in [3.05, 3.63) is 77.2 Å². The van der Waals surface area contributed by atoms with Crippen molar-refractivity contribution < 1.29 is 23.5 Å². The second-order valence-electron chi connectivity index (χ2n) is 8.13. The van der Waals surface area contributed by atoms with Gasteiger partial charge in [0.05, 0.1) is 26.2 Å². The number of rotatable bonds is 8. The van der Waals surface area contributed by atoms with E-state index in [9.17, 15) is 9.59 Å². The molecule has 2 amide bonds. The third-order valence-corrected chi connectivity index (χ3v) is 6.24. The summed E-state index contributed by atoms with van der Waals surface area (Å²) in [4.78, 5) is 29.0. The van der Waals surface area contributed by atoms with Crippen LogP contribution in [0.5, 0.6) is 11.5 Å². The van der Waals surface area contributed by atoms with Crippen LogP contribution < -0.4 is 19.7 Å². The highest BCUT2D eigenvalue weighted by Crippen LogP contribution is 2.39. The molecule has 1 heterocycles. The van der Waals surface area contributed by atoms with Gasteiger partial charge < -0.3 is 19.2 Å². The molecule has 0 unspecified atom stereocenters. The number of anilines is 1. The number of ether oxygens (including phenoxy) is 2. The number of furan rings is 1. The average Bonchev–Trinajstić information content (AvgIpc) is 3.57. The molecule has 4 rings (SSSR count). The molecule has 0 radical (unpaired) electrons. The van der Waals surface area contributed by atoms with Crippen LogP contribution in [0.2, 0.25) is 5.02 Å². The Balaban J connectivity index is 1.86. The van der Waals surface area contributed by atoms with E-state index in [4.69, 9.17) is 25.5 Å². The Kier molecular flexibility index (Phi) is 7.43. The Hall–Kier alpha value is -3.45. The van der Waals surface area contributed by atoms with Gasteiger partial charge in [0.15, 0.2) is 5.76 Å². The van der Waals surface area contributed by atoms with E-state index in [1.54, 1.807) is 61.7 Å². The Bertz CT molecular complexity index is 1120. The van der Waals surface area contributed by atoms with Crippen LogP contribution in [0, 0.1) is 0 Å². The van der Waals surface area contributed by atoms with E-state index in [0.29, 0.717) is 27.8 Å². The number of halogens is 1. The summed E-state index contributed by atoms with van der Waals surface area (Å²) >= 11 is 6.12. The number of methoxy groups -OCH3 is 2. The van der Waals surface area contributed by atoms with Gasteiger partial charge in [-0.25, -0.2) is 0 Å². The molecule has 0 aliphatic heterocycles. The molecule has 7 nitrogen and oxygen atoms in total. The molecule has 2 aromatic carbocycles. The van der Waals surface area contributed by atoms with E-state index in [-0.39, 0.29) is 17.7 Å². The zero-order valence-corrected chi connectivity index (χ0v) is 19.9. The molecule has 1 saturated carbocycles. The van der Waals surface area contributed by atoms with E-state index < -0.39 is 11.9 Å². The number of nitrogens with zero attached hydrogens (tertiary/aromatic N) is 1. The molecule has 8 heteroatoms. The van der Waals surface area contributed by atoms with Crippen molar-refractivity contribution in [3.63, 3.8) is 0 Å². The summed E-state index contributed by atoms with van der Waals surface area (Å²) in [6.45, 7) is 0. The van der Waals surface area contributed by atoms with Crippen LogP contribution >= 0.6 is 11.6 Å². The Morgan fingerprint density at radius 2 is 1.79 bits per heavy atom. The lowest BCUT2D eigenvalue weighted by Crippen LogP contribution is -2.46. The van der Waals surface area contributed by atoms with Crippen molar-refractivity contribution in [2.45, 2.75) is 37.8 Å². The summed E-state index contributed by atoms with van der Waals surface area (Å²) in [5.74, 6) is 0.281. The minimum atomic E-state index is -0.988. The number of amides is 2. The maximum absolute atomic E-state index is 13.8. The second kappa shape index (κ2) is 10.7. The SMILES string of the molecule is COc1ccc(N(C(=O)c2ccco2)[C@@H](C(=O)NC2CCCC2)c2ccc(Cl)cc2)c(OC)c1. The molecule has 0 spiro atoms. The minimum Gasteiger partial charge on any atom is -0.497 e. The number of carbonyl (C=O) groups excluding carboxylic acids is 2. The van der Waals surface area contributed by atoms with Crippen molar-refractivity contribution in [2.75, 3.05) is 19.1 Å². The van der Waals surface area contributed by atoms with Crippen molar-refractivity contribution in [3.8, 4) is 11.5 Å². The molecule has 1 fully saturated rings.